The fraction of sp³-hybridized carbons (Fsp3) is 0.333. The second-order valence-electron chi connectivity index (χ2n) is 6.57. The highest BCUT2D eigenvalue weighted by atomic mass is 19.4. The number of aromatic nitrogens is 1. The topological polar surface area (TPSA) is 37.3 Å². The molecule has 2 aromatic rings. The maximum atomic E-state index is 12.5. The van der Waals surface area contributed by atoms with Gasteiger partial charge in [0.25, 0.3) is 0 Å². The molecule has 0 saturated carbocycles. The van der Waals surface area contributed by atoms with Gasteiger partial charge in [0.15, 0.2) is 0 Å². The number of nitrogens with zero attached hydrogens (tertiary/aromatic N) is 2. The third-order valence-corrected chi connectivity index (χ3v) is 3.60. The highest BCUT2D eigenvalue weighted by molar-refractivity contribution is 5.99. The lowest BCUT2D eigenvalue weighted by Crippen LogP contribution is -2.11. The first-order chi connectivity index (χ1) is 11.1. The minimum absolute atomic E-state index is 0.0754. The molecule has 0 bridgehead atoms. The van der Waals surface area contributed by atoms with Crippen molar-refractivity contribution < 1.29 is 13.2 Å². The molecule has 2 rings (SSSR count). The van der Waals surface area contributed by atoms with Crippen LogP contribution in [-0.4, -0.2) is 10.7 Å². The predicted octanol–water partition coefficient (Wildman–Crippen LogP) is 5.23. The molecule has 0 aliphatic carbocycles. The lowest BCUT2D eigenvalue weighted by Gasteiger charge is -2.19. The van der Waals surface area contributed by atoms with E-state index in [1.807, 2.05) is 31.2 Å². The Morgan fingerprint density at radius 3 is 2.00 bits per heavy atom. The van der Waals surface area contributed by atoms with Gasteiger partial charge in [-0.1, -0.05) is 45.0 Å². The zero-order valence-corrected chi connectivity index (χ0v) is 14.1. The number of rotatable bonds is 3. The third-order valence-electron chi connectivity index (χ3n) is 3.60. The minimum Gasteiger partial charge on any atom is -0.261 e. The van der Waals surface area contributed by atoms with E-state index < -0.39 is 11.7 Å². The average molecular weight is 335 g/mol. The van der Waals surface area contributed by atoms with E-state index in [2.05, 4.69) is 36.3 Å². The summed E-state index contributed by atoms with van der Waals surface area (Å²) >= 11 is 0. The molecule has 24 heavy (non-hydrogen) atoms. The summed E-state index contributed by atoms with van der Waals surface area (Å²) in [5.41, 5.74) is 4.84. The lowest BCUT2D eigenvalue weighted by atomic mass is 9.86. The minimum atomic E-state index is -4.39. The molecule has 1 heterocycles. The standard InChI is InChI=1S/C18H20F3N3/c1-12(13-5-7-14(8-6-13)17(2,3)4)23-24-16-10-9-15(11-22-16)18(19,20)21/h5-11H,1-4H3,(H,22,24)/b23-12-. The second kappa shape index (κ2) is 6.63. The molecule has 0 amide bonds. The number of anilines is 1. The zero-order valence-electron chi connectivity index (χ0n) is 14.1. The Bertz CT molecular complexity index is 709. The van der Waals surface area contributed by atoms with Crippen molar-refractivity contribution in [1.29, 1.82) is 0 Å². The summed E-state index contributed by atoms with van der Waals surface area (Å²) in [4.78, 5) is 3.72. The van der Waals surface area contributed by atoms with E-state index in [-0.39, 0.29) is 11.2 Å². The molecule has 0 unspecified atom stereocenters. The number of hydrogen-bond donors (Lipinski definition) is 1. The van der Waals surface area contributed by atoms with Crippen LogP contribution in [0.25, 0.3) is 0 Å². The number of halogens is 3. The number of benzene rings is 1. The molecular formula is C18H20F3N3. The first-order valence-corrected chi connectivity index (χ1v) is 7.52. The van der Waals surface area contributed by atoms with Crippen molar-refractivity contribution in [2.24, 2.45) is 5.10 Å². The molecule has 1 aromatic carbocycles. The largest absolute Gasteiger partial charge is 0.417 e. The molecule has 0 fully saturated rings. The normalized spacial score (nSPS) is 13.0. The van der Waals surface area contributed by atoms with Gasteiger partial charge in [0, 0.05) is 6.20 Å². The van der Waals surface area contributed by atoms with Crippen LogP contribution >= 0.6 is 0 Å². The molecular weight excluding hydrogens is 315 g/mol. The molecule has 3 nitrogen and oxygen atoms in total. The molecule has 0 saturated heterocycles. The van der Waals surface area contributed by atoms with E-state index in [0.717, 1.165) is 23.5 Å². The van der Waals surface area contributed by atoms with Crippen molar-refractivity contribution in [3.63, 3.8) is 0 Å². The van der Waals surface area contributed by atoms with Crippen LogP contribution in [0.1, 0.15) is 44.4 Å². The first kappa shape index (κ1) is 18.0. The van der Waals surface area contributed by atoms with Crippen molar-refractivity contribution >= 4 is 11.5 Å². The number of alkyl halides is 3. The van der Waals surface area contributed by atoms with Gasteiger partial charge < -0.3 is 0 Å². The fourth-order valence-electron chi connectivity index (χ4n) is 2.04. The van der Waals surface area contributed by atoms with Gasteiger partial charge in [0.1, 0.15) is 5.82 Å². The number of nitrogens with one attached hydrogen (secondary N) is 1. The van der Waals surface area contributed by atoms with E-state index in [0.29, 0.717) is 0 Å². The molecule has 1 N–H and O–H groups in total. The van der Waals surface area contributed by atoms with Crippen LogP contribution in [0, 0.1) is 0 Å². The summed E-state index contributed by atoms with van der Waals surface area (Å²) in [5.74, 6) is 0.258. The van der Waals surface area contributed by atoms with Crippen molar-refractivity contribution in [2.75, 3.05) is 5.43 Å². The van der Waals surface area contributed by atoms with Gasteiger partial charge in [-0.3, -0.25) is 5.43 Å². The van der Waals surface area contributed by atoms with E-state index in [1.165, 1.54) is 11.6 Å². The van der Waals surface area contributed by atoms with Crippen LogP contribution in [0.2, 0.25) is 0 Å². The van der Waals surface area contributed by atoms with Crippen molar-refractivity contribution in [3.05, 3.63) is 59.3 Å². The van der Waals surface area contributed by atoms with E-state index >= 15 is 0 Å². The summed E-state index contributed by atoms with van der Waals surface area (Å²) in [6.45, 7) is 8.24. The van der Waals surface area contributed by atoms with Crippen molar-refractivity contribution in [3.8, 4) is 0 Å². The molecule has 128 valence electrons. The Kier molecular flexibility index (Phi) is 4.96. The summed E-state index contributed by atoms with van der Waals surface area (Å²) in [6, 6.07) is 10.3. The molecule has 0 aliphatic heterocycles. The van der Waals surface area contributed by atoms with Gasteiger partial charge in [0.05, 0.1) is 11.3 Å². The van der Waals surface area contributed by atoms with Crippen molar-refractivity contribution in [1.82, 2.24) is 4.98 Å². The fourth-order valence-corrected chi connectivity index (χ4v) is 2.04. The Hall–Kier alpha value is -2.37. The molecule has 0 spiro atoms. The summed E-state index contributed by atoms with van der Waals surface area (Å²) in [5, 5.41) is 4.17. The highest BCUT2D eigenvalue weighted by Gasteiger charge is 2.30. The maximum Gasteiger partial charge on any atom is 0.417 e. The molecule has 0 atom stereocenters. The van der Waals surface area contributed by atoms with Crippen LogP contribution in [-0.2, 0) is 11.6 Å². The van der Waals surface area contributed by atoms with Crippen LogP contribution in [0.3, 0.4) is 0 Å². The SMILES string of the molecule is C/C(=N/Nc1ccc(C(F)(F)F)cn1)c1ccc(C(C)(C)C)cc1. The van der Waals surface area contributed by atoms with Gasteiger partial charge in [-0.25, -0.2) is 4.98 Å². The zero-order chi connectivity index (χ0) is 18.0. The van der Waals surface area contributed by atoms with Gasteiger partial charge >= 0.3 is 6.18 Å². The monoisotopic (exact) mass is 335 g/mol. The Labute approximate surface area is 139 Å². The third kappa shape index (κ3) is 4.57. The molecule has 6 heteroatoms. The quantitative estimate of drug-likeness (QED) is 0.616. The first-order valence-electron chi connectivity index (χ1n) is 7.52. The summed E-state index contributed by atoms with van der Waals surface area (Å²) in [6.07, 6.45) is -3.61. The van der Waals surface area contributed by atoms with Crippen LogP contribution < -0.4 is 5.43 Å². The predicted molar refractivity (Wildman–Crippen MR) is 90.2 cm³/mol. The highest BCUT2D eigenvalue weighted by Crippen LogP contribution is 2.28. The summed E-state index contributed by atoms with van der Waals surface area (Å²) < 4.78 is 37.5. The molecule has 0 radical (unpaired) electrons. The average Bonchev–Trinajstić information content (AvgIpc) is 2.51. The number of pyridine rings is 1. The van der Waals surface area contributed by atoms with Crippen LogP contribution in [0.5, 0.6) is 0 Å². The van der Waals surface area contributed by atoms with E-state index in [9.17, 15) is 13.2 Å². The lowest BCUT2D eigenvalue weighted by molar-refractivity contribution is -0.137. The number of hydrazone groups is 1. The van der Waals surface area contributed by atoms with Crippen molar-refractivity contribution in [2.45, 2.75) is 39.3 Å². The maximum absolute atomic E-state index is 12.5. The van der Waals surface area contributed by atoms with Gasteiger partial charge in [0.2, 0.25) is 0 Å². The van der Waals surface area contributed by atoms with E-state index in [1.54, 1.807) is 0 Å². The van der Waals surface area contributed by atoms with Crippen LogP contribution in [0.15, 0.2) is 47.7 Å². The van der Waals surface area contributed by atoms with E-state index in [4.69, 9.17) is 0 Å². The van der Waals surface area contributed by atoms with Crippen LogP contribution in [0.4, 0.5) is 19.0 Å². The second-order valence-corrected chi connectivity index (χ2v) is 6.57. The van der Waals surface area contributed by atoms with Gasteiger partial charge in [-0.05, 0) is 35.6 Å². The Balaban J connectivity index is 2.09. The van der Waals surface area contributed by atoms with Gasteiger partial charge in [-0.15, -0.1) is 0 Å². The van der Waals surface area contributed by atoms with Gasteiger partial charge in [-0.2, -0.15) is 18.3 Å². The Morgan fingerprint density at radius 2 is 1.54 bits per heavy atom. The number of hydrogen-bond acceptors (Lipinski definition) is 3. The molecule has 1 aromatic heterocycles. The Morgan fingerprint density at radius 1 is 0.958 bits per heavy atom. The smallest absolute Gasteiger partial charge is 0.261 e. The summed E-state index contributed by atoms with van der Waals surface area (Å²) in [7, 11) is 0. The molecule has 0 aliphatic rings.